The van der Waals surface area contributed by atoms with Gasteiger partial charge in [-0.15, -0.1) is 0 Å². The third-order valence-corrected chi connectivity index (χ3v) is 4.20. The molecule has 158 valence electrons. The number of amides is 2. The molecule has 0 fully saturated rings. The second kappa shape index (κ2) is 8.44. The van der Waals surface area contributed by atoms with Gasteiger partial charge >= 0.3 is 6.18 Å². The van der Waals surface area contributed by atoms with E-state index >= 15 is 0 Å². The van der Waals surface area contributed by atoms with Crippen LogP contribution in [0.5, 0.6) is 5.75 Å². The van der Waals surface area contributed by atoms with Crippen LogP contribution in [0.2, 0.25) is 0 Å². The van der Waals surface area contributed by atoms with Crippen LogP contribution in [0.1, 0.15) is 18.1 Å². The highest BCUT2D eigenvalue weighted by atomic mass is 19.4. The first-order valence-corrected chi connectivity index (χ1v) is 9.05. The van der Waals surface area contributed by atoms with Crippen LogP contribution in [0.25, 0.3) is 0 Å². The van der Waals surface area contributed by atoms with Gasteiger partial charge in [-0.05, 0) is 44.2 Å². The van der Waals surface area contributed by atoms with Crippen LogP contribution >= 0.6 is 0 Å². The maximum atomic E-state index is 13.1. The van der Waals surface area contributed by atoms with Gasteiger partial charge < -0.3 is 10.1 Å². The van der Waals surface area contributed by atoms with Crippen molar-refractivity contribution in [3.05, 3.63) is 53.6 Å². The van der Waals surface area contributed by atoms with Gasteiger partial charge in [0.2, 0.25) is 5.84 Å². The number of halogens is 3. The minimum atomic E-state index is -4.58. The molecule has 30 heavy (non-hydrogen) atoms. The number of carbonyl (C=O) groups excluding carboxylic acids is 2. The Morgan fingerprint density at radius 3 is 2.57 bits per heavy atom. The molecule has 0 saturated carbocycles. The lowest BCUT2D eigenvalue weighted by Crippen LogP contribution is -2.54. The highest BCUT2D eigenvalue weighted by Crippen LogP contribution is 2.35. The Bertz CT molecular complexity index is 988. The number of benzene rings is 2. The van der Waals surface area contributed by atoms with Gasteiger partial charge in [0.05, 0.1) is 23.5 Å². The summed E-state index contributed by atoms with van der Waals surface area (Å²) in [6.45, 7) is 3.47. The molecule has 2 N–H and O–H groups in total. The van der Waals surface area contributed by atoms with Crippen molar-refractivity contribution in [1.29, 1.82) is 0 Å². The molecule has 2 aromatic rings. The number of ether oxygens (including phenoxy) is 1. The predicted octanol–water partition coefficient (Wildman–Crippen LogP) is 3.30. The minimum Gasteiger partial charge on any atom is -0.492 e. The van der Waals surface area contributed by atoms with Gasteiger partial charge in [-0.3, -0.25) is 20.0 Å². The normalized spacial score (nSPS) is 14.1. The van der Waals surface area contributed by atoms with E-state index in [2.05, 4.69) is 15.7 Å². The van der Waals surface area contributed by atoms with Gasteiger partial charge in [-0.2, -0.15) is 13.2 Å². The fraction of sp³-hybridized carbons (Fsp3) is 0.250. The fourth-order valence-electron chi connectivity index (χ4n) is 2.71. The van der Waals surface area contributed by atoms with Crippen LogP contribution in [0, 0.1) is 6.92 Å². The fourth-order valence-corrected chi connectivity index (χ4v) is 2.71. The molecule has 2 aromatic carbocycles. The third kappa shape index (κ3) is 4.70. The Labute approximate surface area is 170 Å². The summed E-state index contributed by atoms with van der Waals surface area (Å²) in [5, 5.41) is 3.54. The molecule has 1 aliphatic heterocycles. The number of nitrogens with one attached hydrogen (secondary N) is 2. The highest BCUT2D eigenvalue weighted by molar-refractivity contribution is 6.43. The van der Waals surface area contributed by atoms with E-state index in [1.54, 1.807) is 31.2 Å². The first-order valence-electron chi connectivity index (χ1n) is 9.05. The van der Waals surface area contributed by atoms with Gasteiger partial charge in [-0.25, -0.2) is 5.01 Å². The summed E-state index contributed by atoms with van der Waals surface area (Å²) in [7, 11) is 0. The Kier molecular flexibility index (Phi) is 5.95. The maximum absolute atomic E-state index is 13.1. The number of rotatable bonds is 5. The summed E-state index contributed by atoms with van der Waals surface area (Å²) in [6.07, 6.45) is -4.58. The summed E-state index contributed by atoms with van der Waals surface area (Å²) in [6, 6.07) is 9.78. The second-order valence-corrected chi connectivity index (χ2v) is 6.44. The van der Waals surface area contributed by atoms with E-state index < -0.39 is 17.6 Å². The largest absolute Gasteiger partial charge is 0.492 e. The van der Waals surface area contributed by atoms with Crippen LogP contribution in [0.3, 0.4) is 0 Å². The smallest absolute Gasteiger partial charge is 0.416 e. The number of alkyl halides is 3. The molecule has 7 nitrogen and oxygen atoms in total. The van der Waals surface area contributed by atoms with Crippen LogP contribution in [-0.4, -0.2) is 30.8 Å². The first-order chi connectivity index (χ1) is 14.2. The molecule has 0 saturated heterocycles. The number of carbonyl (C=O) groups is 2. The molecule has 0 unspecified atom stereocenters. The van der Waals surface area contributed by atoms with Crippen LogP contribution in [0.15, 0.2) is 47.5 Å². The number of hydrogen-bond donors (Lipinski definition) is 2. The van der Waals surface area contributed by atoms with Crippen molar-refractivity contribution in [2.24, 2.45) is 4.99 Å². The number of aryl methyl sites for hydroxylation is 1. The standard InChI is InChI=1S/C20H19F3N4O3/c1-3-30-16-9-6-13(20(21,22)23)10-15(16)25-19(29)18-24-11-17(28)27(26-18)14-7-4-12(2)5-8-14/h4-10H,3,11H2,1-2H3,(H,24,26)(H,25,29). The zero-order valence-electron chi connectivity index (χ0n) is 16.2. The van der Waals surface area contributed by atoms with Gasteiger partial charge in [0.15, 0.2) is 0 Å². The molecule has 2 amide bonds. The number of anilines is 2. The van der Waals surface area contributed by atoms with E-state index in [1.807, 2.05) is 6.92 Å². The number of nitrogens with zero attached hydrogens (tertiary/aromatic N) is 2. The van der Waals surface area contributed by atoms with Gasteiger partial charge in [0, 0.05) is 0 Å². The van der Waals surface area contributed by atoms with Crippen molar-refractivity contribution in [2.45, 2.75) is 20.0 Å². The third-order valence-electron chi connectivity index (χ3n) is 4.20. The van der Waals surface area contributed by atoms with Gasteiger partial charge in [-0.1, -0.05) is 17.7 Å². The lowest BCUT2D eigenvalue weighted by molar-refractivity contribution is -0.137. The molecule has 0 bridgehead atoms. The van der Waals surface area contributed by atoms with E-state index in [-0.39, 0.29) is 36.3 Å². The highest BCUT2D eigenvalue weighted by Gasteiger charge is 2.32. The second-order valence-electron chi connectivity index (χ2n) is 6.44. The summed E-state index contributed by atoms with van der Waals surface area (Å²) >= 11 is 0. The van der Waals surface area contributed by atoms with Crippen molar-refractivity contribution in [3.8, 4) is 5.75 Å². The summed E-state index contributed by atoms with van der Waals surface area (Å²) in [5.74, 6) is -1.32. The average molecular weight is 420 g/mol. The lowest BCUT2D eigenvalue weighted by atomic mass is 10.1. The molecule has 0 radical (unpaired) electrons. The topological polar surface area (TPSA) is 83.0 Å². The van der Waals surface area contributed by atoms with E-state index in [4.69, 9.17) is 4.74 Å². The number of hydrazine groups is 1. The predicted molar refractivity (Wildman–Crippen MR) is 105 cm³/mol. The van der Waals surface area contributed by atoms with E-state index in [1.165, 1.54) is 0 Å². The minimum absolute atomic E-state index is 0.0849. The van der Waals surface area contributed by atoms with Crippen molar-refractivity contribution in [2.75, 3.05) is 23.5 Å². The Morgan fingerprint density at radius 1 is 1.23 bits per heavy atom. The zero-order chi connectivity index (χ0) is 21.9. The first kappa shape index (κ1) is 21.2. The van der Waals surface area contributed by atoms with E-state index in [9.17, 15) is 22.8 Å². The molecule has 1 aliphatic rings. The Hall–Kier alpha value is -3.56. The molecule has 1 heterocycles. The van der Waals surface area contributed by atoms with Crippen molar-refractivity contribution >= 4 is 29.0 Å². The van der Waals surface area contributed by atoms with Crippen molar-refractivity contribution < 1.29 is 27.5 Å². The van der Waals surface area contributed by atoms with Crippen LogP contribution < -0.4 is 20.5 Å². The maximum Gasteiger partial charge on any atom is 0.416 e. The van der Waals surface area contributed by atoms with Gasteiger partial charge in [0.25, 0.3) is 11.8 Å². The monoisotopic (exact) mass is 420 g/mol. The van der Waals surface area contributed by atoms with E-state index in [0.29, 0.717) is 5.69 Å². The van der Waals surface area contributed by atoms with E-state index in [0.717, 1.165) is 28.8 Å². The molecule has 3 rings (SSSR count). The molecular formula is C20H19F3N4O3. The van der Waals surface area contributed by atoms with Crippen molar-refractivity contribution in [1.82, 2.24) is 5.43 Å². The molecule has 0 atom stereocenters. The molecular weight excluding hydrogens is 401 g/mol. The number of aliphatic imine (C=N–C) groups is 1. The Morgan fingerprint density at radius 2 is 1.93 bits per heavy atom. The lowest BCUT2D eigenvalue weighted by Gasteiger charge is -2.27. The van der Waals surface area contributed by atoms with Crippen LogP contribution in [-0.2, 0) is 15.8 Å². The molecule has 0 aromatic heterocycles. The summed E-state index contributed by atoms with van der Waals surface area (Å²) < 4.78 is 44.5. The summed E-state index contributed by atoms with van der Waals surface area (Å²) in [4.78, 5) is 28.7. The number of hydrogen-bond acceptors (Lipinski definition) is 5. The quantitative estimate of drug-likeness (QED) is 0.778. The van der Waals surface area contributed by atoms with Crippen molar-refractivity contribution in [3.63, 3.8) is 0 Å². The van der Waals surface area contributed by atoms with Crippen LogP contribution in [0.4, 0.5) is 24.5 Å². The molecule has 0 aliphatic carbocycles. The summed E-state index contributed by atoms with van der Waals surface area (Å²) in [5.41, 5.74) is 3.02. The molecule has 10 heteroatoms. The number of amidine groups is 1. The average Bonchev–Trinajstić information content (AvgIpc) is 2.69. The Balaban J connectivity index is 1.83. The molecule has 0 spiro atoms. The SMILES string of the molecule is CCOc1ccc(C(F)(F)F)cc1NC(=O)C1=NCC(=O)N(c2ccc(C)cc2)N1. The zero-order valence-corrected chi connectivity index (χ0v) is 16.2. The van der Waals surface area contributed by atoms with Gasteiger partial charge in [0.1, 0.15) is 12.3 Å².